The van der Waals surface area contributed by atoms with Gasteiger partial charge in [-0.15, -0.1) is 0 Å². The van der Waals surface area contributed by atoms with Gasteiger partial charge in [0.05, 0.1) is 33.1 Å². The quantitative estimate of drug-likeness (QED) is 0.156. The van der Waals surface area contributed by atoms with Crippen LogP contribution in [0.5, 0.6) is 11.5 Å². The second-order valence-electron chi connectivity index (χ2n) is 20.9. The summed E-state index contributed by atoms with van der Waals surface area (Å²) in [5.41, 5.74) is 28.1. The SMILES string of the molecule is Cc1cccc(C)c1-c1cc2c3ccc(Oc4ccc5c6cc(-c7c(C)cccc7C)c(-c7c(C)cccc7C)cc6n6c7ccccc7nc6c5c4)cc3c3nc4ccccc4n3c2cc1-c1c(C)cccc1C. The van der Waals surface area contributed by atoms with Crippen LogP contribution in [0.2, 0.25) is 0 Å². The minimum absolute atomic E-state index is 0.734. The van der Waals surface area contributed by atoms with Gasteiger partial charge in [0, 0.05) is 21.5 Å². The fourth-order valence-corrected chi connectivity index (χ4v) is 12.8. The Kier molecular flexibility index (Phi) is 9.96. The van der Waals surface area contributed by atoms with Crippen LogP contribution in [0, 0.1) is 55.4 Å². The predicted molar refractivity (Wildman–Crippen MR) is 315 cm³/mol. The lowest BCUT2D eigenvalue weighted by molar-refractivity contribution is 0.484. The van der Waals surface area contributed by atoms with E-state index in [2.05, 4.69) is 246 Å². The topological polar surface area (TPSA) is 43.8 Å². The largest absolute Gasteiger partial charge is 0.457 e. The zero-order valence-corrected chi connectivity index (χ0v) is 43.5. The van der Waals surface area contributed by atoms with E-state index in [1.54, 1.807) is 0 Å². The van der Waals surface area contributed by atoms with Crippen molar-refractivity contribution in [1.29, 1.82) is 0 Å². The Balaban J connectivity index is 1.00. The summed E-state index contributed by atoms with van der Waals surface area (Å²) in [5, 5.41) is 6.61. The number of benzene rings is 10. The molecule has 0 atom stereocenters. The maximum absolute atomic E-state index is 7.05. The van der Waals surface area contributed by atoms with Crippen molar-refractivity contribution in [2.24, 2.45) is 0 Å². The smallest absolute Gasteiger partial charge is 0.146 e. The fourth-order valence-electron chi connectivity index (χ4n) is 12.8. The first-order valence-electron chi connectivity index (χ1n) is 26.1. The standard InChI is InChI=1S/C70H54N4O/c1-39-17-13-18-40(2)65(39)53-35-51-49-31-29-47(33-57(49)69-71-59-25-9-11-27-61(59)73(69)63(51)37-55(53)67-43(5)21-15-22-44(67)6)75-48-30-32-50-52-36-54(66-41(3)19-14-20-42(66)4)56(68-45(7)23-16-24-46(68)8)38-64(52)74-62-28-12-10-26-60(62)72-70(74)58(50)34-48/h9-38H,1-8H3. The van der Waals surface area contributed by atoms with Crippen LogP contribution in [0.25, 0.3) is 121 Å². The van der Waals surface area contributed by atoms with Gasteiger partial charge in [0.1, 0.15) is 22.8 Å². The Morgan fingerprint density at radius 3 is 0.947 bits per heavy atom. The van der Waals surface area contributed by atoms with Crippen LogP contribution in [0.1, 0.15) is 44.5 Å². The van der Waals surface area contributed by atoms with E-state index < -0.39 is 0 Å². The summed E-state index contributed by atoms with van der Waals surface area (Å²) in [6.07, 6.45) is 0. The van der Waals surface area contributed by atoms with Gasteiger partial charge in [-0.05, 0) is 240 Å². The minimum atomic E-state index is 0.734. The first-order chi connectivity index (χ1) is 36.5. The van der Waals surface area contributed by atoms with Crippen molar-refractivity contribution in [3.05, 3.63) is 226 Å². The van der Waals surface area contributed by atoms with Crippen LogP contribution < -0.4 is 4.74 Å². The van der Waals surface area contributed by atoms with E-state index in [4.69, 9.17) is 14.7 Å². The number of aryl methyl sites for hydroxylation is 8. The van der Waals surface area contributed by atoms with E-state index in [9.17, 15) is 0 Å². The number of ether oxygens (including phenoxy) is 1. The molecule has 14 aromatic rings. The van der Waals surface area contributed by atoms with Crippen molar-refractivity contribution >= 4 is 76.7 Å². The van der Waals surface area contributed by atoms with Gasteiger partial charge < -0.3 is 4.74 Å². The molecule has 0 spiro atoms. The second-order valence-corrected chi connectivity index (χ2v) is 20.9. The molecule has 0 aliphatic heterocycles. The Hall–Kier alpha value is -9.06. The normalized spacial score (nSPS) is 12.0. The molecule has 14 rings (SSSR count). The van der Waals surface area contributed by atoms with E-state index in [1.807, 2.05) is 0 Å². The lowest BCUT2D eigenvalue weighted by atomic mass is 9.85. The van der Waals surface area contributed by atoms with Crippen molar-refractivity contribution in [3.63, 3.8) is 0 Å². The van der Waals surface area contributed by atoms with E-state index in [0.717, 1.165) is 88.2 Å². The molecule has 0 saturated heterocycles. The molecular weight excluding hydrogens is 913 g/mol. The molecule has 0 amide bonds. The summed E-state index contributed by atoms with van der Waals surface area (Å²) in [7, 11) is 0. The number of fused-ring (bicyclic) bond motifs is 16. The van der Waals surface area contributed by atoms with Gasteiger partial charge >= 0.3 is 0 Å². The number of pyridine rings is 2. The average Bonchev–Trinajstić information content (AvgIpc) is 3.99. The van der Waals surface area contributed by atoms with Crippen molar-refractivity contribution in [3.8, 4) is 56.0 Å². The van der Waals surface area contributed by atoms with Crippen molar-refractivity contribution < 1.29 is 4.74 Å². The molecule has 5 nitrogen and oxygen atoms in total. The molecule has 0 aliphatic carbocycles. The maximum Gasteiger partial charge on any atom is 0.146 e. The summed E-state index contributed by atoms with van der Waals surface area (Å²) in [6.45, 7) is 17.9. The molecule has 0 fully saturated rings. The summed E-state index contributed by atoms with van der Waals surface area (Å²) >= 11 is 0. The minimum Gasteiger partial charge on any atom is -0.457 e. The Morgan fingerprint density at radius 2 is 0.600 bits per heavy atom. The van der Waals surface area contributed by atoms with Gasteiger partial charge in [-0.25, -0.2) is 9.97 Å². The third-order valence-corrected chi connectivity index (χ3v) is 16.2. The van der Waals surface area contributed by atoms with E-state index in [0.29, 0.717) is 0 Å². The van der Waals surface area contributed by atoms with Gasteiger partial charge in [0.15, 0.2) is 0 Å². The highest BCUT2D eigenvalue weighted by Crippen LogP contribution is 2.47. The molecule has 0 radical (unpaired) electrons. The van der Waals surface area contributed by atoms with Crippen molar-refractivity contribution in [2.75, 3.05) is 0 Å². The molecule has 0 bridgehead atoms. The number of para-hydroxylation sites is 4. The zero-order chi connectivity index (χ0) is 51.0. The molecule has 10 aromatic carbocycles. The third kappa shape index (κ3) is 6.77. The van der Waals surface area contributed by atoms with E-state index in [1.165, 1.54) is 89.0 Å². The van der Waals surface area contributed by atoms with Gasteiger partial charge in [-0.2, -0.15) is 0 Å². The number of rotatable bonds is 6. The highest BCUT2D eigenvalue weighted by molar-refractivity contribution is 6.18. The monoisotopic (exact) mass is 966 g/mol. The molecule has 4 aromatic heterocycles. The lowest BCUT2D eigenvalue weighted by Gasteiger charge is -2.21. The van der Waals surface area contributed by atoms with Crippen molar-refractivity contribution in [2.45, 2.75) is 55.4 Å². The van der Waals surface area contributed by atoms with Gasteiger partial charge in [0.2, 0.25) is 0 Å². The van der Waals surface area contributed by atoms with Gasteiger partial charge in [0.25, 0.3) is 0 Å². The number of aromatic nitrogens is 4. The number of hydrogen-bond acceptors (Lipinski definition) is 3. The molecule has 5 heteroatoms. The first-order valence-corrected chi connectivity index (χ1v) is 26.1. The molecule has 360 valence electrons. The van der Waals surface area contributed by atoms with E-state index >= 15 is 0 Å². The Bertz CT molecular complexity index is 4400. The van der Waals surface area contributed by atoms with Crippen LogP contribution in [-0.4, -0.2) is 18.8 Å². The van der Waals surface area contributed by atoms with Crippen molar-refractivity contribution in [1.82, 2.24) is 18.8 Å². The molecule has 75 heavy (non-hydrogen) atoms. The van der Waals surface area contributed by atoms with Crippen LogP contribution in [0.3, 0.4) is 0 Å². The highest BCUT2D eigenvalue weighted by Gasteiger charge is 2.24. The molecule has 0 saturated carbocycles. The lowest BCUT2D eigenvalue weighted by Crippen LogP contribution is -1.99. The maximum atomic E-state index is 7.05. The van der Waals surface area contributed by atoms with Crippen LogP contribution in [0.4, 0.5) is 0 Å². The molecule has 0 N–H and O–H groups in total. The average molecular weight is 967 g/mol. The summed E-state index contributed by atoms with van der Waals surface area (Å²) in [4.78, 5) is 10.8. The van der Waals surface area contributed by atoms with Crippen LogP contribution >= 0.6 is 0 Å². The number of hydrogen-bond donors (Lipinski definition) is 0. The predicted octanol–water partition coefficient (Wildman–Crippen LogP) is 18.8. The number of imidazole rings is 2. The third-order valence-electron chi connectivity index (χ3n) is 16.2. The fraction of sp³-hybridized carbons (Fsp3) is 0.114. The molecular formula is C70H54N4O. The summed E-state index contributed by atoms with van der Waals surface area (Å²) < 4.78 is 11.8. The van der Waals surface area contributed by atoms with E-state index in [-0.39, 0.29) is 0 Å². The summed E-state index contributed by atoms with van der Waals surface area (Å²) in [5.74, 6) is 1.47. The first kappa shape index (κ1) is 44.6. The Morgan fingerprint density at radius 1 is 0.280 bits per heavy atom. The highest BCUT2D eigenvalue weighted by atomic mass is 16.5. The Labute approximate surface area is 436 Å². The molecule has 4 heterocycles. The van der Waals surface area contributed by atoms with Crippen LogP contribution in [0.15, 0.2) is 182 Å². The zero-order valence-electron chi connectivity index (χ0n) is 43.5. The number of nitrogens with zero attached hydrogens (tertiary/aromatic N) is 4. The van der Waals surface area contributed by atoms with Gasteiger partial charge in [-0.3, -0.25) is 8.80 Å². The molecule has 0 aliphatic rings. The second kappa shape index (κ2) is 16.7. The molecule has 0 unspecified atom stereocenters. The summed E-state index contributed by atoms with van der Waals surface area (Å²) in [6, 6.07) is 66.3. The van der Waals surface area contributed by atoms with Gasteiger partial charge in [-0.1, -0.05) is 97.1 Å². The van der Waals surface area contributed by atoms with Crippen LogP contribution in [-0.2, 0) is 0 Å².